The Balaban J connectivity index is 1.83. The van der Waals surface area contributed by atoms with Crippen LogP contribution >= 0.6 is 0 Å². The molecule has 148 valence electrons. The highest BCUT2D eigenvalue weighted by Crippen LogP contribution is 2.42. The maximum absolute atomic E-state index is 13.4. The second-order valence-electron chi connectivity index (χ2n) is 7.30. The number of carbonyl (C=O) groups is 2. The minimum Gasteiger partial charge on any atom is -0.497 e. The molecular weight excluding hydrogens is 352 g/mol. The summed E-state index contributed by atoms with van der Waals surface area (Å²) in [7, 11) is 3.28. The normalized spacial score (nSPS) is 15.1. The van der Waals surface area contributed by atoms with Crippen molar-refractivity contribution in [2.24, 2.45) is 0 Å². The molecule has 0 saturated heterocycles. The number of rotatable bonds is 7. The number of benzene rings is 2. The quantitative estimate of drug-likeness (QED) is 0.767. The molecule has 0 heterocycles. The van der Waals surface area contributed by atoms with Crippen LogP contribution in [0.5, 0.6) is 5.75 Å². The maximum atomic E-state index is 13.4. The van der Waals surface area contributed by atoms with Crippen molar-refractivity contribution in [2.75, 3.05) is 19.5 Å². The third-order valence-electron chi connectivity index (χ3n) is 5.70. The zero-order chi connectivity index (χ0) is 20.0. The van der Waals surface area contributed by atoms with Gasteiger partial charge in [-0.25, -0.2) is 0 Å². The number of amides is 2. The predicted molar refractivity (Wildman–Crippen MR) is 111 cm³/mol. The summed E-state index contributed by atoms with van der Waals surface area (Å²) in [5.41, 5.74) is 2.28. The summed E-state index contributed by atoms with van der Waals surface area (Å²) >= 11 is 0. The highest BCUT2D eigenvalue weighted by atomic mass is 16.5. The van der Waals surface area contributed by atoms with Crippen LogP contribution in [0.3, 0.4) is 0 Å². The molecule has 2 aromatic rings. The molecule has 2 amide bonds. The summed E-state index contributed by atoms with van der Waals surface area (Å²) in [6.45, 7) is 0. The lowest BCUT2D eigenvalue weighted by molar-refractivity contribution is -0.121. The number of para-hydroxylation sites is 1. The van der Waals surface area contributed by atoms with E-state index < -0.39 is 5.41 Å². The molecule has 5 heteroatoms. The van der Waals surface area contributed by atoms with E-state index in [2.05, 4.69) is 10.6 Å². The first-order valence-corrected chi connectivity index (χ1v) is 9.83. The summed E-state index contributed by atoms with van der Waals surface area (Å²) in [6.07, 6.45) is 4.74. The van der Waals surface area contributed by atoms with Crippen LogP contribution in [0.1, 0.15) is 43.2 Å². The van der Waals surface area contributed by atoms with Gasteiger partial charge in [-0.3, -0.25) is 9.59 Å². The van der Waals surface area contributed by atoms with Crippen molar-refractivity contribution in [3.05, 3.63) is 59.7 Å². The van der Waals surface area contributed by atoms with Crippen molar-refractivity contribution in [1.29, 1.82) is 0 Å². The van der Waals surface area contributed by atoms with Gasteiger partial charge in [-0.1, -0.05) is 43.2 Å². The molecule has 1 fully saturated rings. The van der Waals surface area contributed by atoms with Gasteiger partial charge in [0.1, 0.15) is 5.75 Å². The van der Waals surface area contributed by atoms with E-state index in [0.717, 1.165) is 48.2 Å². The Hall–Kier alpha value is -2.82. The molecule has 0 radical (unpaired) electrons. The van der Waals surface area contributed by atoms with E-state index in [0.29, 0.717) is 12.8 Å². The van der Waals surface area contributed by atoms with Gasteiger partial charge in [-0.05, 0) is 48.6 Å². The first kappa shape index (κ1) is 19.9. The van der Waals surface area contributed by atoms with Crippen LogP contribution in [0.4, 0.5) is 5.69 Å². The number of ether oxygens (including phenoxy) is 1. The van der Waals surface area contributed by atoms with Crippen LogP contribution in [-0.2, 0) is 21.4 Å². The van der Waals surface area contributed by atoms with Gasteiger partial charge in [0.05, 0.1) is 12.5 Å². The molecule has 1 aliphatic rings. The predicted octanol–water partition coefficient (Wildman–Crippen LogP) is 3.82. The number of hydrogen-bond acceptors (Lipinski definition) is 3. The molecule has 3 rings (SSSR count). The van der Waals surface area contributed by atoms with Crippen LogP contribution in [0, 0.1) is 0 Å². The summed E-state index contributed by atoms with van der Waals surface area (Å²) in [6, 6.07) is 15.6. The molecule has 0 spiro atoms. The fraction of sp³-hybridized carbons (Fsp3) is 0.391. The lowest BCUT2D eigenvalue weighted by Crippen LogP contribution is -2.38. The molecule has 28 heavy (non-hydrogen) atoms. The number of aryl methyl sites for hydroxylation is 1. The van der Waals surface area contributed by atoms with Gasteiger partial charge in [0, 0.05) is 19.2 Å². The first-order valence-electron chi connectivity index (χ1n) is 9.83. The van der Waals surface area contributed by atoms with Gasteiger partial charge in [0.25, 0.3) is 0 Å². The Bertz CT molecular complexity index is 824. The molecule has 0 bridgehead atoms. The molecule has 1 aliphatic carbocycles. The molecule has 1 saturated carbocycles. The standard InChI is InChI=1S/C23H28N2O3/c1-24-21(26)14-9-17-7-3-4-8-20(17)25-22(27)23(15-5-6-16-23)18-10-12-19(28-2)13-11-18/h3-4,7-8,10-13H,5-6,9,14-16H2,1-2H3,(H,24,26)(H,25,27). The van der Waals surface area contributed by atoms with Crippen molar-refractivity contribution in [3.63, 3.8) is 0 Å². The third kappa shape index (κ3) is 4.19. The molecule has 0 atom stereocenters. The Morgan fingerprint density at radius 3 is 2.36 bits per heavy atom. The maximum Gasteiger partial charge on any atom is 0.235 e. The van der Waals surface area contributed by atoms with Crippen molar-refractivity contribution >= 4 is 17.5 Å². The minimum absolute atomic E-state index is 0.00775. The largest absolute Gasteiger partial charge is 0.497 e. The van der Waals surface area contributed by atoms with Gasteiger partial charge < -0.3 is 15.4 Å². The molecule has 0 unspecified atom stereocenters. The Morgan fingerprint density at radius 1 is 1.04 bits per heavy atom. The number of hydrogen-bond donors (Lipinski definition) is 2. The van der Waals surface area contributed by atoms with Crippen molar-refractivity contribution in [1.82, 2.24) is 5.32 Å². The third-order valence-corrected chi connectivity index (χ3v) is 5.70. The second kappa shape index (κ2) is 8.91. The van der Waals surface area contributed by atoms with Crippen LogP contribution in [0.25, 0.3) is 0 Å². The van der Waals surface area contributed by atoms with Crippen LogP contribution < -0.4 is 15.4 Å². The van der Waals surface area contributed by atoms with E-state index >= 15 is 0 Å². The summed E-state index contributed by atoms with van der Waals surface area (Å²) < 4.78 is 5.26. The smallest absolute Gasteiger partial charge is 0.235 e. The highest BCUT2D eigenvalue weighted by molar-refractivity contribution is 6.00. The van der Waals surface area contributed by atoms with Crippen LogP contribution in [-0.4, -0.2) is 26.0 Å². The van der Waals surface area contributed by atoms with Gasteiger partial charge in [0.2, 0.25) is 11.8 Å². The molecule has 2 N–H and O–H groups in total. The molecule has 0 aliphatic heterocycles. The fourth-order valence-corrected chi connectivity index (χ4v) is 4.01. The Morgan fingerprint density at radius 2 is 1.71 bits per heavy atom. The van der Waals surface area contributed by atoms with Crippen molar-refractivity contribution < 1.29 is 14.3 Å². The summed E-state index contributed by atoms with van der Waals surface area (Å²) in [5, 5.41) is 5.80. The second-order valence-corrected chi connectivity index (χ2v) is 7.30. The van der Waals surface area contributed by atoms with Gasteiger partial charge >= 0.3 is 0 Å². The van der Waals surface area contributed by atoms with E-state index in [9.17, 15) is 9.59 Å². The van der Waals surface area contributed by atoms with Crippen molar-refractivity contribution in [2.45, 2.75) is 43.9 Å². The average Bonchev–Trinajstić information content (AvgIpc) is 3.24. The van der Waals surface area contributed by atoms with Crippen LogP contribution in [0.15, 0.2) is 48.5 Å². The number of anilines is 1. The monoisotopic (exact) mass is 380 g/mol. The number of methoxy groups -OCH3 is 1. The average molecular weight is 380 g/mol. The lowest BCUT2D eigenvalue weighted by Gasteiger charge is -2.29. The Labute approximate surface area is 166 Å². The molecule has 5 nitrogen and oxygen atoms in total. The van der Waals surface area contributed by atoms with Gasteiger partial charge in [-0.2, -0.15) is 0 Å². The van der Waals surface area contributed by atoms with E-state index in [1.54, 1.807) is 14.2 Å². The van der Waals surface area contributed by atoms with E-state index in [1.807, 2.05) is 48.5 Å². The van der Waals surface area contributed by atoms with Gasteiger partial charge in [0.15, 0.2) is 0 Å². The molecular formula is C23H28N2O3. The minimum atomic E-state index is -0.514. The highest BCUT2D eigenvalue weighted by Gasteiger charge is 2.42. The molecule has 2 aromatic carbocycles. The summed E-state index contributed by atoms with van der Waals surface area (Å²) in [4.78, 5) is 25.0. The van der Waals surface area contributed by atoms with E-state index in [4.69, 9.17) is 4.74 Å². The Kier molecular flexibility index (Phi) is 6.34. The van der Waals surface area contributed by atoms with Crippen molar-refractivity contribution in [3.8, 4) is 5.75 Å². The number of nitrogens with one attached hydrogen (secondary N) is 2. The summed E-state index contributed by atoms with van der Waals surface area (Å²) in [5.74, 6) is 0.811. The SMILES string of the molecule is CNC(=O)CCc1ccccc1NC(=O)C1(c2ccc(OC)cc2)CCCC1. The lowest BCUT2D eigenvalue weighted by atomic mass is 9.78. The van der Waals surface area contributed by atoms with E-state index in [1.165, 1.54) is 0 Å². The van der Waals surface area contributed by atoms with Gasteiger partial charge in [-0.15, -0.1) is 0 Å². The molecule has 0 aromatic heterocycles. The van der Waals surface area contributed by atoms with E-state index in [-0.39, 0.29) is 11.8 Å². The zero-order valence-electron chi connectivity index (χ0n) is 16.6. The first-order chi connectivity index (χ1) is 13.6. The topological polar surface area (TPSA) is 67.4 Å². The number of carbonyl (C=O) groups excluding carboxylic acids is 2. The zero-order valence-corrected chi connectivity index (χ0v) is 16.6. The van der Waals surface area contributed by atoms with Crippen LogP contribution in [0.2, 0.25) is 0 Å². The fourth-order valence-electron chi connectivity index (χ4n) is 4.01.